The van der Waals surface area contributed by atoms with Crippen LogP contribution in [0.3, 0.4) is 0 Å². The molecule has 0 nitrogen and oxygen atoms in total. The predicted octanol–water partition coefficient (Wildman–Crippen LogP) is 5.57. The average molecular weight is 258 g/mol. The van der Waals surface area contributed by atoms with E-state index in [0.29, 0.717) is 0 Å². The normalized spacial score (nSPS) is 21.4. The van der Waals surface area contributed by atoms with E-state index in [1.807, 2.05) is 0 Å². The molecule has 0 aromatic rings. The minimum atomic E-state index is 0.828. The summed E-state index contributed by atoms with van der Waals surface area (Å²) in [6, 6.07) is 0. The fraction of sp³-hybridized carbons (Fsp3) is 0.789. The van der Waals surface area contributed by atoms with Gasteiger partial charge in [-0.25, -0.2) is 0 Å². The third kappa shape index (κ3) is 7.32. The van der Waals surface area contributed by atoms with Gasteiger partial charge in [0.2, 0.25) is 0 Å². The molecule has 0 aromatic heterocycles. The lowest BCUT2D eigenvalue weighted by molar-refractivity contribution is 0.404. The van der Waals surface area contributed by atoms with Crippen LogP contribution in [0.4, 0.5) is 0 Å². The van der Waals surface area contributed by atoms with E-state index >= 15 is 0 Å². The van der Waals surface area contributed by atoms with Crippen molar-refractivity contribution in [3.63, 3.8) is 0 Å². The third-order valence-electron chi connectivity index (χ3n) is 4.11. The molecule has 0 heterocycles. The molecule has 0 aliphatic heterocycles. The highest BCUT2D eigenvalue weighted by Gasteiger charge is 2.25. The Hall–Kier alpha value is -0.880. The molecular weight excluding hydrogens is 228 g/mol. The Balaban J connectivity index is 2.24. The first kappa shape index (κ1) is 16.2. The minimum Gasteiger partial charge on any atom is -0.103 e. The summed E-state index contributed by atoms with van der Waals surface area (Å²) >= 11 is 0. The first-order valence-corrected chi connectivity index (χ1v) is 8.29. The molecule has 0 bridgehead atoms. The van der Waals surface area contributed by atoms with Gasteiger partial charge in [-0.1, -0.05) is 33.1 Å². The van der Waals surface area contributed by atoms with Crippen LogP contribution >= 0.6 is 0 Å². The van der Waals surface area contributed by atoms with E-state index in [0.717, 1.165) is 37.5 Å². The molecular formula is C19H30. The van der Waals surface area contributed by atoms with Crippen LogP contribution in [0.2, 0.25) is 0 Å². The summed E-state index contributed by atoms with van der Waals surface area (Å²) in [5.41, 5.74) is 0. The van der Waals surface area contributed by atoms with Crippen LogP contribution in [0.1, 0.15) is 84.5 Å². The van der Waals surface area contributed by atoms with Crippen molar-refractivity contribution in [1.29, 1.82) is 0 Å². The van der Waals surface area contributed by atoms with E-state index in [9.17, 15) is 0 Å². The van der Waals surface area contributed by atoms with Crippen molar-refractivity contribution in [2.45, 2.75) is 84.5 Å². The first-order valence-electron chi connectivity index (χ1n) is 8.29. The summed E-state index contributed by atoms with van der Waals surface area (Å²) in [6.45, 7) is 4.46. The molecule has 2 atom stereocenters. The predicted molar refractivity (Wildman–Crippen MR) is 84.7 cm³/mol. The van der Waals surface area contributed by atoms with Gasteiger partial charge >= 0.3 is 0 Å². The highest BCUT2D eigenvalue weighted by Crippen LogP contribution is 2.35. The Kier molecular flexibility index (Phi) is 9.36. The second kappa shape index (κ2) is 11.0. The molecule has 106 valence electrons. The van der Waals surface area contributed by atoms with Crippen LogP contribution in [-0.4, -0.2) is 0 Å². The Morgan fingerprint density at radius 2 is 1.21 bits per heavy atom. The summed E-state index contributed by atoms with van der Waals surface area (Å²) in [5, 5.41) is 0. The molecule has 1 aliphatic rings. The first-order chi connectivity index (χ1) is 9.38. The summed E-state index contributed by atoms with van der Waals surface area (Å²) in [7, 11) is 0. The molecule has 0 aromatic carbocycles. The lowest BCUT2D eigenvalue weighted by Gasteiger charge is -2.13. The van der Waals surface area contributed by atoms with Crippen molar-refractivity contribution >= 4 is 0 Å². The molecule has 1 rings (SSSR count). The Bertz CT molecular complexity index is 297. The largest absolute Gasteiger partial charge is 0.103 e. The molecule has 0 N–H and O–H groups in total. The Morgan fingerprint density at radius 1 is 0.737 bits per heavy atom. The van der Waals surface area contributed by atoms with Gasteiger partial charge < -0.3 is 0 Å². The Morgan fingerprint density at radius 3 is 1.63 bits per heavy atom. The van der Waals surface area contributed by atoms with Crippen LogP contribution in [0.25, 0.3) is 0 Å². The SMILES string of the molecule is CCCCC#CC[C@H]1CCC[C@@H]1CC#CCCCC. The van der Waals surface area contributed by atoms with E-state index in [1.165, 1.54) is 44.9 Å². The van der Waals surface area contributed by atoms with Gasteiger partial charge in [0.05, 0.1) is 0 Å². The van der Waals surface area contributed by atoms with Crippen LogP contribution in [-0.2, 0) is 0 Å². The highest BCUT2D eigenvalue weighted by molar-refractivity contribution is 5.05. The highest BCUT2D eigenvalue weighted by atomic mass is 14.3. The second-order valence-electron chi connectivity index (χ2n) is 5.77. The molecule has 0 unspecified atom stereocenters. The zero-order valence-electron chi connectivity index (χ0n) is 12.9. The van der Waals surface area contributed by atoms with E-state index in [1.54, 1.807) is 0 Å². The van der Waals surface area contributed by atoms with Crippen molar-refractivity contribution in [2.75, 3.05) is 0 Å². The van der Waals surface area contributed by atoms with E-state index in [-0.39, 0.29) is 0 Å². The zero-order valence-corrected chi connectivity index (χ0v) is 12.9. The number of hydrogen-bond acceptors (Lipinski definition) is 0. The van der Waals surface area contributed by atoms with Gasteiger partial charge in [-0.05, 0) is 37.5 Å². The summed E-state index contributed by atoms with van der Waals surface area (Å²) < 4.78 is 0. The molecule has 1 saturated carbocycles. The molecule has 0 saturated heterocycles. The third-order valence-corrected chi connectivity index (χ3v) is 4.11. The van der Waals surface area contributed by atoms with Crippen LogP contribution in [0, 0.1) is 35.5 Å². The summed E-state index contributed by atoms with van der Waals surface area (Å²) in [4.78, 5) is 0. The van der Waals surface area contributed by atoms with Crippen LogP contribution in [0.5, 0.6) is 0 Å². The molecule has 19 heavy (non-hydrogen) atoms. The smallest absolute Gasteiger partial charge is 0.0120 e. The lowest BCUT2D eigenvalue weighted by Crippen LogP contribution is -2.06. The van der Waals surface area contributed by atoms with Crippen LogP contribution in [0.15, 0.2) is 0 Å². The van der Waals surface area contributed by atoms with Crippen molar-refractivity contribution in [2.24, 2.45) is 11.8 Å². The summed E-state index contributed by atoms with van der Waals surface area (Å²) in [5.74, 6) is 15.1. The Labute approximate surface area is 120 Å². The fourth-order valence-corrected chi connectivity index (χ4v) is 2.76. The number of hydrogen-bond donors (Lipinski definition) is 0. The second-order valence-corrected chi connectivity index (χ2v) is 5.77. The maximum Gasteiger partial charge on any atom is 0.0120 e. The topological polar surface area (TPSA) is 0 Å². The number of rotatable bonds is 6. The minimum absolute atomic E-state index is 0.828. The lowest BCUT2D eigenvalue weighted by atomic mass is 9.90. The quantitative estimate of drug-likeness (QED) is 0.431. The molecule has 0 heteroatoms. The van der Waals surface area contributed by atoms with Gasteiger partial charge in [0.1, 0.15) is 0 Å². The van der Waals surface area contributed by atoms with Gasteiger partial charge in [-0.3, -0.25) is 0 Å². The molecule has 1 aliphatic carbocycles. The summed E-state index contributed by atoms with van der Waals surface area (Å²) in [6.07, 6.45) is 13.6. The van der Waals surface area contributed by atoms with Crippen molar-refractivity contribution in [3.05, 3.63) is 0 Å². The number of unbranched alkanes of at least 4 members (excludes halogenated alkanes) is 4. The molecule has 0 spiro atoms. The van der Waals surface area contributed by atoms with Gasteiger partial charge in [0, 0.05) is 25.7 Å². The van der Waals surface area contributed by atoms with Crippen molar-refractivity contribution in [1.82, 2.24) is 0 Å². The maximum atomic E-state index is 3.40. The molecule has 1 fully saturated rings. The average Bonchev–Trinajstić information content (AvgIpc) is 2.86. The molecule has 0 radical (unpaired) electrons. The standard InChI is InChI=1S/C19H30/c1-3-5-7-9-11-14-18-16-13-17-19(18)15-12-10-8-6-4-2/h18-19H,3-8,13-17H2,1-2H3/t18-,19-/m0/s1. The molecule has 0 amide bonds. The van der Waals surface area contributed by atoms with Gasteiger partial charge in [0.25, 0.3) is 0 Å². The van der Waals surface area contributed by atoms with Crippen molar-refractivity contribution in [3.8, 4) is 23.7 Å². The fourth-order valence-electron chi connectivity index (χ4n) is 2.76. The van der Waals surface area contributed by atoms with E-state index in [2.05, 4.69) is 37.5 Å². The zero-order chi connectivity index (χ0) is 13.8. The monoisotopic (exact) mass is 258 g/mol. The van der Waals surface area contributed by atoms with Crippen LogP contribution < -0.4 is 0 Å². The van der Waals surface area contributed by atoms with Gasteiger partial charge in [-0.15, -0.1) is 23.7 Å². The van der Waals surface area contributed by atoms with E-state index < -0.39 is 0 Å². The van der Waals surface area contributed by atoms with Gasteiger partial charge in [0.15, 0.2) is 0 Å². The maximum absolute atomic E-state index is 3.40. The van der Waals surface area contributed by atoms with Gasteiger partial charge in [-0.2, -0.15) is 0 Å². The van der Waals surface area contributed by atoms with E-state index in [4.69, 9.17) is 0 Å². The van der Waals surface area contributed by atoms with Crippen molar-refractivity contribution < 1.29 is 0 Å².